The fourth-order valence-electron chi connectivity index (χ4n) is 2.93. The molecule has 7 nitrogen and oxygen atoms in total. The third kappa shape index (κ3) is 5.12. The van der Waals surface area contributed by atoms with Crippen LogP contribution in [0.5, 0.6) is 5.88 Å². The summed E-state index contributed by atoms with van der Waals surface area (Å²) in [6.45, 7) is 5.76. The summed E-state index contributed by atoms with van der Waals surface area (Å²) in [6, 6.07) is 7.48. The topological polar surface area (TPSA) is 98.3 Å². The fraction of sp³-hybridized carbons (Fsp3) is 0.333. The molecule has 8 heteroatoms. The van der Waals surface area contributed by atoms with E-state index in [1.807, 2.05) is 39.0 Å². The number of carboxylic acid groups (broad SMARTS) is 1. The van der Waals surface area contributed by atoms with Gasteiger partial charge in [0.25, 0.3) is 5.89 Å². The van der Waals surface area contributed by atoms with Crippen molar-refractivity contribution in [3.63, 3.8) is 0 Å². The zero-order valence-corrected chi connectivity index (χ0v) is 17.2. The Morgan fingerprint density at radius 3 is 2.83 bits per heavy atom. The van der Waals surface area contributed by atoms with E-state index in [9.17, 15) is 4.79 Å². The molecule has 3 aromatic rings. The predicted molar refractivity (Wildman–Crippen MR) is 109 cm³/mol. The lowest BCUT2D eigenvalue weighted by atomic mass is 9.98. The average molecular weight is 416 g/mol. The highest BCUT2D eigenvalue weighted by Crippen LogP contribution is 2.30. The summed E-state index contributed by atoms with van der Waals surface area (Å²) in [5, 5.41) is 13.3. The molecule has 2 aromatic heterocycles. The molecule has 0 radical (unpaired) electrons. The van der Waals surface area contributed by atoms with E-state index in [4.69, 9.17) is 26.0 Å². The molecule has 0 aliphatic heterocycles. The maximum absolute atomic E-state index is 10.7. The molecule has 0 unspecified atom stereocenters. The average Bonchev–Trinajstić information content (AvgIpc) is 3.14. The predicted octanol–water partition coefficient (Wildman–Crippen LogP) is 4.95. The summed E-state index contributed by atoms with van der Waals surface area (Å²) in [5.41, 5.74) is 3.50. The molecule has 0 spiro atoms. The Morgan fingerprint density at radius 2 is 2.14 bits per heavy atom. The molecule has 1 N–H and O–H groups in total. The minimum absolute atomic E-state index is 0.0355. The zero-order chi connectivity index (χ0) is 21.0. The monoisotopic (exact) mass is 415 g/mol. The molecule has 29 heavy (non-hydrogen) atoms. The van der Waals surface area contributed by atoms with E-state index < -0.39 is 5.97 Å². The van der Waals surface area contributed by atoms with Crippen LogP contribution < -0.4 is 4.74 Å². The maximum Gasteiger partial charge on any atom is 0.303 e. The van der Waals surface area contributed by atoms with Gasteiger partial charge in [-0.15, -0.1) is 0 Å². The van der Waals surface area contributed by atoms with E-state index in [-0.39, 0.29) is 12.5 Å². The zero-order valence-electron chi connectivity index (χ0n) is 16.5. The molecule has 0 aliphatic carbocycles. The van der Waals surface area contributed by atoms with Gasteiger partial charge >= 0.3 is 5.97 Å². The molecule has 0 atom stereocenters. The Labute approximate surface area is 173 Å². The molecular weight excluding hydrogens is 394 g/mol. The number of pyridine rings is 1. The minimum atomic E-state index is -0.793. The van der Waals surface area contributed by atoms with Gasteiger partial charge in [-0.25, -0.2) is 4.98 Å². The third-order valence-corrected chi connectivity index (χ3v) is 4.62. The lowest BCUT2D eigenvalue weighted by molar-refractivity contribution is -0.137. The van der Waals surface area contributed by atoms with E-state index in [1.54, 1.807) is 12.3 Å². The highest BCUT2D eigenvalue weighted by atomic mass is 35.5. The number of hydrogen-bond donors (Lipinski definition) is 1. The number of aliphatic carboxylic acids is 1. The van der Waals surface area contributed by atoms with Gasteiger partial charge in [-0.2, -0.15) is 4.98 Å². The number of aromatic nitrogens is 3. The van der Waals surface area contributed by atoms with Gasteiger partial charge in [-0.3, -0.25) is 4.79 Å². The van der Waals surface area contributed by atoms with Crippen LogP contribution in [0.2, 0.25) is 5.02 Å². The number of rotatable bonds is 8. The van der Waals surface area contributed by atoms with Crippen LogP contribution in [0, 0.1) is 6.92 Å². The number of aryl methyl sites for hydroxylation is 1. The first kappa shape index (κ1) is 20.8. The number of carboxylic acids is 1. The van der Waals surface area contributed by atoms with Crippen molar-refractivity contribution >= 4 is 17.6 Å². The summed E-state index contributed by atoms with van der Waals surface area (Å²) in [6.07, 6.45) is 2.93. The van der Waals surface area contributed by atoms with Crippen molar-refractivity contribution in [1.29, 1.82) is 0 Å². The second-order valence-electron chi connectivity index (χ2n) is 6.94. The van der Waals surface area contributed by atoms with Crippen molar-refractivity contribution in [2.45, 2.75) is 46.1 Å². The Kier molecular flexibility index (Phi) is 6.49. The van der Waals surface area contributed by atoms with Crippen molar-refractivity contribution < 1.29 is 19.2 Å². The second-order valence-corrected chi connectivity index (χ2v) is 7.34. The first-order chi connectivity index (χ1) is 13.8. The van der Waals surface area contributed by atoms with Gasteiger partial charge in [0.1, 0.15) is 5.02 Å². The van der Waals surface area contributed by atoms with Crippen molar-refractivity contribution in [2.24, 2.45) is 0 Å². The minimum Gasteiger partial charge on any atom is -0.481 e. The Balaban J connectivity index is 1.83. The quantitative estimate of drug-likeness (QED) is 0.555. The van der Waals surface area contributed by atoms with Crippen LogP contribution in [0.15, 0.2) is 35.0 Å². The van der Waals surface area contributed by atoms with Gasteiger partial charge in [-0.1, -0.05) is 35.0 Å². The standard InChI is InChI=1S/C21H22ClN3O4/c1-12(2)28-21-17(22)10-15(11-23-21)20-24-19(25-29-20)16-8-4-6-14(13(16)3)7-5-9-18(26)27/h4,6,8,10-12H,5,7,9H2,1-3H3,(H,26,27). The lowest BCUT2D eigenvalue weighted by Gasteiger charge is -2.10. The highest BCUT2D eigenvalue weighted by Gasteiger charge is 2.16. The first-order valence-electron chi connectivity index (χ1n) is 9.32. The SMILES string of the molecule is Cc1c(CCCC(=O)O)cccc1-c1noc(-c2cnc(OC(C)C)c(Cl)c2)n1. The van der Waals surface area contributed by atoms with Crippen LogP contribution in [0.4, 0.5) is 0 Å². The number of benzene rings is 1. The Hall–Kier alpha value is -2.93. The van der Waals surface area contributed by atoms with Crippen molar-refractivity contribution in [3.8, 4) is 28.7 Å². The molecule has 0 saturated carbocycles. The van der Waals surface area contributed by atoms with E-state index in [0.717, 1.165) is 16.7 Å². The maximum atomic E-state index is 10.7. The van der Waals surface area contributed by atoms with Crippen LogP contribution in [-0.2, 0) is 11.2 Å². The smallest absolute Gasteiger partial charge is 0.303 e. The summed E-state index contributed by atoms with van der Waals surface area (Å²) in [4.78, 5) is 19.5. The van der Waals surface area contributed by atoms with Gasteiger partial charge in [0.2, 0.25) is 11.7 Å². The molecule has 0 bridgehead atoms. The van der Waals surface area contributed by atoms with Crippen LogP contribution in [0.25, 0.3) is 22.8 Å². The van der Waals surface area contributed by atoms with E-state index in [0.29, 0.717) is 41.0 Å². The number of nitrogens with zero attached hydrogens (tertiary/aromatic N) is 3. The normalized spacial score (nSPS) is 11.1. The summed E-state index contributed by atoms with van der Waals surface area (Å²) in [5.74, 6) is 0.325. The van der Waals surface area contributed by atoms with Gasteiger partial charge < -0.3 is 14.4 Å². The van der Waals surface area contributed by atoms with Crippen LogP contribution in [-0.4, -0.2) is 32.3 Å². The number of ether oxygens (including phenoxy) is 1. The third-order valence-electron chi connectivity index (χ3n) is 4.35. The van der Waals surface area contributed by atoms with Gasteiger partial charge in [0.15, 0.2) is 0 Å². The summed E-state index contributed by atoms with van der Waals surface area (Å²) in [7, 11) is 0. The van der Waals surface area contributed by atoms with Crippen molar-refractivity contribution in [1.82, 2.24) is 15.1 Å². The van der Waals surface area contributed by atoms with Crippen molar-refractivity contribution in [2.75, 3.05) is 0 Å². The summed E-state index contributed by atoms with van der Waals surface area (Å²) < 4.78 is 11.0. The highest BCUT2D eigenvalue weighted by molar-refractivity contribution is 6.32. The molecular formula is C21H22ClN3O4. The van der Waals surface area contributed by atoms with Gasteiger partial charge in [-0.05, 0) is 50.8 Å². The van der Waals surface area contributed by atoms with E-state index in [2.05, 4.69) is 15.1 Å². The van der Waals surface area contributed by atoms with Crippen molar-refractivity contribution in [3.05, 3.63) is 46.6 Å². The van der Waals surface area contributed by atoms with E-state index >= 15 is 0 Å². The second kappa shape index (κ2) is 9.05. The molecule has 1 aromatic carbocycles. The van der Waals surface area contributed by atoms with Gasteiger partial charge in [0.05, 0.1) is 11.7 Å². The molecule has 2 heterocycles. The van der Waals surface area contributed by atoms with Crippen LogP contribution in [0.3, 0.4) is 0 Å². The number of halogens is 1. The lowest BCUT2D eigenvalue weighted by Crippen LogP contribution is -2.07. The Bertz CT molecular complexity index is 1020. The van der Waals surface area contributed by atoms with Gasteiger partial charge in [0, 0.05) is 18.2 Å². The molecule has 3 rings (SSSR count). The van der Waals surface area contributed by atoms with Crippen LogP contribution >= 0.6 is 11.6 Å². The summed E-state index contributed by atoms with van der Waals surface area (Å²) >= 11 is 6.24. The fourth-order valence-corrected chi connectivity index (χ4v) is 3.14. The largest absolute Gasteiger partial charge is 0.481 e. The molecule has 0 fully saturated rings. The molecule has 0 saturated heterocycles. The molecule has 0 aliphatic rings. The van der Waals surface area contributed by atoms with Crippen LogP contribution in [0.1, 0.15) is 37.8 Å². The number of hydrogen-bond acceptors (Lipinski definition) is 6. The van der Waals surface area contributed by atoms with E-state index in [1.165, 1.54) is 0 Å². The first-order valence-corrected chi connectivity index (χ1v) is 9.70. The number of carbonyl (C=O) groups is 1. The molecule has 0 amide bonds. The molecule has 152 valence electrons. The Morgan fingerprint density at radius 1 is 1.34 bits per heavy atom.